The van der Waals surface area contributed by atoms with Gasteiger partial charge in [0.1, 0.15) is 0 Å². The number of amides is 1. The lowest BCUT2D eigenvalue weighted by molar-refractivity contribution is -0.131. The van der Waals surface area contributed by atoms with Crippen molar-refractivity contribution in [3.8, 4) is 0 Å². The molecule has 1 N–H and O–H groups in total. The highest BCUT2D eigenvalue weighted by Crippen LogP contribution is 2.16. The third kappa shape index (κ3) is 4.15. The molecule has 0 atom stereocenters. The van der Waals surface area contributed by atoms with Crippen LogP contribution in [0.4, 0.5) is 0 Å². The summed E-state index contributed by atoms with van der Waals surface area (Å²) >= 11 is 0. The van der Waals surface area contributed by atoms with Crippen LogP contribution in [0.5, 0.6) is 0 Å². The Balaban J connectivity index is 2.13. The minimum absolute atomic E-state index is 0.0146. The normalized spacial score (nSPS) is 15.7. The number of piperazine rings is 1. The van der Waals surface area contributed by atoms with Gasteiger partial charge < -0.3 is 10.2 Å². The van der Waals surface area contributed by atoms with Crippen LogP contribution in [0.15, 0.2) is 29.2 Å². The Bertz CT molecular complexity index is 696. The second kappa shape index (κ2) is 7.20. The maximum absolute atomic E-state index is 12.6. The van der Waals surface area contributed by atoms with E-state index >= 15 is 0 Å². The van der Waals surface area contributed by atoms with Crippen LogP contribution in [0.25, 0.3) is 0 Å². The summed E-state index contributed by atoms with van der Waals surface area (Å²) in [7, 11) is -2.44. The van der Waals surface area contributed by atoms with Crippen LogP contribution in [0.2, 0.25) is 0 Å². The standard InChI is InChI=1S/C15H21N3O4S/c1-12(19)13-4-3-5-14(10-13)23(21,22)17(2)11-15(20)18-8-6-16-7-9-18/h3-5,10,16H,6-9,11H2,1-2H3. The minimum atomic E-state index is -3.81. The Hall–Kier alpha value is -1.77. The summed E-state index contributed by atoms with van der Waals surface area (Å²) in [5.41, 5.74) is 0.327. The minimum Gasteiger partial charge on any atom is -0.339 e. The van der Waals surface area contributed by atoms with Gasteiger partial charge in [0.05, 0.1) is 11.4 Å². The van der Waals surface area contributed by atoms with Crippen molar-refractivity contribution in [1.82, 2.24) is 14.5 Å². The number of Topliss-reactive ketones (excluding diaryl/α,β-unsaturated/α-hetero) is 1. The molecule has 1 fully saturated rings. The number of benzene rings is 1. The van der Waals surface area contributed by atoms with E-state index in [9.17, 15) is 18.0 Å². The molecule has 1 aliphatic rings. The predicted octanol–water partition coefficient (Wildman–Crippen LogP) is -0.0585. The molecule has 126 valence electrons. The molecule has 1 aromatic carbocycles. The summed E-state index contributed by atoms with van der Waals surface area (Å²) in [5.74, 6) is -0.429. The lowest BCUT2D eigenvalue weighted by Crippen LogP contribution is -2.49. The number of carbonyl (C=O) groups is 2. The van der Waals surface area contributed by atoms with Crippen LogP contribution >= 0.6 is 0 Å². The van der Waals surface area contributed by atoms with Gasteiger partial charge in [-0.15, -0.1) is 0 Å². The maximum atomic E-state index is 12.6. The van der Waals surface area contributed by atoms with Gasteiger partial charge in [0.25, 0.3) is 0 Å². The molecule has 0 spiro atoms. The zero-order chi connectivity index (χ0) is 17.0. The highest BCUT2D eigenvalue weighted by molar-refractivity contribution is 7.89. The molecule has 1 saturated heterocycles. The Morgan fingerprint density at radius 1 is 1.26 bits per heavy atom. The second-order valence-corrected chi connectivity index (χ2v) is 7.52. The molecular formula is C15H21N3O4S. The number of ketones is 1. The van der Waals surface area contributed by atoms with Crippen molar-refractivity contribution >= 4 is 21.7 Å². The number of likely N-dealkylation sites (N-methyl/N-ethyl adjacent to an activating group) is 1. The van der Waals surface area contributed by atoms with Crippen LogP contribution < -0.4 is 5.32 Å². The highest BCUT2D eigenvalue weighted by Gasteiger charge is 2.26. The molecule has 1 amide bonds. The number of rotatable bonds is 5. The zero-order valence-electron chi connectivity index (χ0n) is 13.3. The van der Waals surface area contributed by atoms with Crippen molar-refractivity contribution in [1.29, 1.82) is 0 Å². The molecule has 8 heteroatoms. The number of carbonyl (C=O) groups excluding carboxylic acids is 2. The van der Waals surface area contributed by atoms with E-state index in [1.54, 1.807) is 11.0 Å². The van der Waals surface area contributed by atoms with Crippen LogP contribution in [0.1, 0.15) is 17.3 Å². The first-order valence-corrected chi connectivity index (χ1v) is 8.82. The van der Waals surface area contributed by atoms with Crippen LogP contribution in [0, 0.1) is 0 Å². The maximum Gasteiger partial charge on any atom is 0.243 e. The fourth-order valence-electron chi connectivity index (χ4n) is 2.35. The Morgan fingerprint density at radius 2 is 1.91 bits per heavy atom. The van der Waals surface area contributed by atoms with Gasteiger partial charge in [-0.05, 0) is 19.1 Å². The van der Waals surface area contributed by atoms with E-state index in [1.165, 1.54) is 32.2 Å². The molecular weight excluding hydrogens is 318 g/mol. The van der Waals surface area contributed by atoms with Gasteiger partial charge >= 0.3 is 0 Å². The summed E-state index contributed by atoms with van der Waals surface area (Å²) in [6.07, 6.45) is 0. The molecule has 2 rings (SSSR count). The van der Waals surface area contributed by atoms with Crippen molar-refractivity contribution in [3.63, 3.8) is 0 Å². The number of hydrogen-bond acceptors (Lipinski definition) is 5. The van der Waals surface area contributed by atoms with Gasteiger partial charge in [-0.3, -0.25) is 9.59 Å². The van der Waals surface area contributed by atoms with E-state index in [0.29, 0.717) is 31.7 Å². The highest BCUT2D eigenvalue weighted by atomic mass is 32.2. The van der Waals surface area contributed by atoms with Crippen LogP contribution in [-0.2, 0) is 14.8 Å². The van der Waals surface area contributed by atoms with Gasteiger partial charge in [0.2, 0.25) is 15.9 Å². The molecule has 0 bridgehead atoms. The van der Waals surface area contributed by atoms with Crippen molar-refractivity contribution in [2.45, 2.75) is 11.8 Å². The summed E-state index contributed by atoms with van der Waals surface area (Å²) < 4.78 is 26.1. The van der Waals surface area contributed by atoms with E-state index in [2.05, 4.69) is 5.32 Å². The number of nitrogens with zero attached hydrogens (tertiary/aromatic N) is 2. The first kappa shape index (κ1) is 17.6. The topological polar surface area (TPSA) is 86.8 Å². The lowest BCUT2D eigenvalue weighted by Gasteiger charge is -2.29. The van der Waals surface area contributed by atoms with Gasteiger partial charge in [0.15, 0.2) is 5.78 Å². The van der Waals surface area contributed by atoms with E-state index in [1.807, 2.05) is 0 Å². The second-order valence-electron chi connectivity index (χ2n) is 5.48. The van der Waals surface area contributed by atoms with E-state index < -0.39 is 10.0 Å². The van der Waals surface area contributed by atoms with Gasteiger partial charge in [-0.2, -0.15) is 4.31 Å². The molecule has 7 nitrogen and oxygen atoms in total. The average molecular weight is 339 g/mol. The van der Waals surface area contributed by atoms with Crippen molar-refractivity contribution in [2.75, 3.05) is 39.8 Å². The summed E-state index contributed by atoms with van der Waals surface area (Å²) in [5, 5.41) is 3.14. The lowest BCUT2D eigenvalue weighted by atomic mass is 10.2. The average Bonchev–Trinajstić information content (AvgIpc) is 2.55. The molecule has 1 heterocycles. The van der Waals surface area contributed by atoms with Crippen LogP contribution in [-0.4, -0.2) is 69.1 Å². The third-order valence-electron chi connectivity index (χ3n) is 3.78. The van der Waals surface area contributed by atoms with Crippen molar-refractivity contribution in [3.05, 3.63) is 29.8 Å². The first-order valence-electron chi connectivity index (χ1n) is 7.38. The Kier molecular flexibility index (Phi) is 5.51. The molecule has 1 aromatic rings. The monoisotopic (exact) mass is 339 g/mol. The smallest absolute Gasteiger partial charge is 0.243 e. The van der Waals surface area contributed by atoms with Crippen LogP contribution in [0.3, 0.4) is 0 Å². The zero-order valence-corrected chi connectivity index (χ0v) is 14.1. The fourth-order valence-corrected chi connectivity index (χ4v) is 3.51. The quantitative estimate of drug-likeness (QED) is 0.760. The summed E-state index contributed by atoms with van der Waals surface area (Å²) in [6.45, 7) is 3.74. The molecule has 1 aliphatic heterocycles. The van der Waals surface area contributed by atoms with Gasteiger partial charge in [-0.1, -0.05) is 12.1 Å². The van der Waals surface area contributed by atoms with Crippen molar-refractivity contribution < 1.29 is 18.0 Å². The van der Waals surface area contributed by atoms with Crippen molar-refractivity contribution in [2.24, 2.45) is 0 Å². The van der Waals surface area contributed by atoms with E-state index in [0.717, 1.165) is 4.31 Å². The number of hydrogen-bond donors (Lipinski definition) is 1. The summed E-state index contributed by atoms with van der Waals surface area (Å²) in [6, 6.07) is 5.85. The fraction of sp³-hybridized carbons (Fsp3) is 0.467. The predicted molar refractivity (Wildman–Crippen MR) is 85.7 cm³/mol. The molecule has 0 radical (unpaired) electrons. The number of sulfonamides is 1. The Labute approximate surface area is 136 Å². The van der Waals surface area contributed by atoms with Gasteiger partial charge in [-0.25, -0.2) is 8.42 Å². The molecule has 0 saturated carbocycles. The molecule has 0 aromatic heterocycles. The first-order chi connectivity index (χ1) is 10.8. The summed E-state index contributed by atoms with van der Waals surface area (Å²) in [4.78, 5) is 25.3. The molecule has 0 unspecified atom stereocenters. The van der Waals surface area contributed by atoms with Gasteiger partial charge in [0, 0.05) is 38.8 Å². The SMILES string of the molecule is CC(=O)c1cccc(S(=O)(=O)N(C)CC(=O)N2CCNCC2)c1. The Morgan fingerprint density at radius 3 is 2.52 bits per heavy atom. The molecule has 0 aliphatic carbocycles. The number of nitrogens with one attached hydrogen (secondary N) is 1. The third-order valence-corrected chi connectivity index (χ3v) is 5.58. The molecule has 23 heavy (non-hydrogen) atoms. The van der Waals surface area contributed by atoms with E-state index in [-0.39, 0.29) is 23.1 Å². The van der Waals surface area contributed by atoms with E-state index in [4.69, 9.17) is 0 Å². The largest absolute Gasteiger partial charge is 0.339 e.